The Morgan fingerprint density at radius 3 is 2.53 bits per heavy atom. The van der Waals surface area contributed by atoms with Gasteiger partial charge in [-0.1, -0.05) is 47.1 Å². The highest BCUT2D eigenvalue weighted by molar-refractivity contribution is 9.10. The molecule has 1 atom stereocenters. The maximum absolute atomic E-state index is 5.98. The van der Waals surface area contributed by atoms with E-state index in [0.717, 1.165) is 27.8 Å². The van der Waals surface area contributed by atoms with E-state index in [0.29, 0.717) is 6.61 Å². The quantitative estimate of drug-likeness (QED) is 0.884. The average molecular weight is 320 g/mol. The molecule has 0 aliphatic rings. The lowest BCUT2D eigenvalue weighted by atomic mass is 10.1. The Kier molecular flexibility index (Phi) is 5.00. The second-order valence-corrected chi connectivity index (χ2v) is 5.42. The zero-order valence-corrected chi connectivity index (χ0v) is 12.6. The summed E-state index contributed by atoms with van der Waals surface area (Å²) in [6.45, 7) is 2.65. The van der Waals surface area contributed by atoms with Gasteiger partial charge in [0.2, 0.25) is 0 Å². The first kappa shape index (κ1) is 14.1. The van der Waals surface area contributed by atoms with Gasteiger partial charge < -0.3 is 10.5 Å². The smallest absolute Gasteiger partial charge is 0.119 e. The molecular formula is C16H18BrNO. The molecule has 0 heterocycles. The molecule has 0 amide bonds. The summed E-state index contributed by atoms with van der Waals surface area (Å²) in [5, 5.41) is 0. The molecule has 1 unspecified atom stereocenters. The second-order valence-electron chi connectivity index (χ2n) is 4.50. The molecule has 0 saturated heterocycles. The molecule has 19 heavy (non-hydrogen) atoms. The van der Waals surface area contributed by atoms with Gasteiger partial charge in [0.05, 0.1) is 0 Å². The Bertz CT molecular complexity index is 525. The van der Waals surface area contributed by atoms with Crippen LogP contribution in [0.4, 0.5) is 0 Å². The number of hydrogen-bond donors (Lipinski definition) is 1. The van der Waals surface area contributed by atoms with Crippen molar-refractivity contribution in [3.63, 3.8) is 0 Å². The molecule has 0 saturated carbocycles. The molecule has 100 valence electrons. The van der Waals surface area contributed by atoms with Gasteiger partial charge in [0.1, 0.15) is 12.4 Å². The molecule has 0 spiro atoms. The highest BCUT2D eigenvalue weighted by Gasteiger charge is 2.03. The highest BCUT2D eigenvalue weighted by atomic mass is 79.9. The number of nitrogens with two attached hydrogens (primary N) is 1. The van der Waals surface area contributed by atoms with E-state index in [1.807, 2.05) is 42.5 Å². The normalized spacial score (nSPS) is 12.2. The zero-order valence-electron chi connectivity index (χ0n) is 11.0. The van der Waals surface area contributed by atoms with Gasteiger partial charge in [-0.05, 0) is 41.8 Å². The number of rotatable bonds is 5. The highest BCUT2D eigenvalue weighted by Crippen LogP contribution is 2.19. The van der Waals surface area contributed by atoms with Crippen molar-refractivity contribution in [1.29, 1.82) is 0 Å². The minimum atomic E-state index is 0.110. The second kappa shape index (κ2) is 6.73. The molecule has 0 fully saturated rings. The van der Waals surface area contributed by atoms with E-state index in [4.69, 9.17) is 10.5 Å². The molecule has 2 aromatic carbocycles. The monoisotopic (exact) mass is 319 g/mol. The summed E-state index contributed by atoms with van der Waals surface area (Å²) >= 11 is 3.45. The van der Waals surface area contributed by atoms with Crippen LogP contribution in [0, 0.1) is 0 Å². The lowest BCUT2D eigenvalue weighted by Gasteiger charge is -2.11. The van der Waals surface area contributed by atoms with E-state index in [1.165, 1.54) is 0 Å². The largest absolute Gasteiger partial charge is 0.489 e. The van der Waals surface area contributed by atoms with Crippen LogP contribution < -0.4 is 10.5 Å². The molecule has 0 aliphatic heterocycles. The Morgan fingerprint density at radius 2 is 1.89 bits per heavy atom. The SMILES string of the molecule is CCC(N)c1ccc(OCc2cccc(Br)c2)cc1. The van der Waals surface area contributed by atoms with Crippen molar-refractivity contribution in [3.05, 3.63) is 64.1 Å². The van der Waals surface area contributed by atoms with Gasteiger partial charge in [-0.25, -0.2) is 0 Å². The van der Waals surface area contributed by atoms with E-state index < -0.39 is 0 Å². The maximum atomic E-state index is 5.98. The van der Waals surface area contributed by atoms with Crippen molar-refractivity contribution in [2.24, 2.45) is 5.73 Å². The van der Waals surface area contributed by atoms with Crippen LogP contribution in [0.5, 0.6) is 5.75 Å². The number of benzene rings is 2. The van der Waals surface area contributed by atoms with E-state index in [1.54, 1.807) is 0 Å². The molecule has 2 aromatic rings. The first-order chi connectivity index (χ1) is 9.19. The van der Waals surface area contributed by atoms with Crippen LogP contribution in [0.15, 0.2) is 53.0 Å². The van der Waals surface area contributed by atoms with E-state index in [-0.39, 0.29) is 6.04 Å². The Morgan fingerprint density at radius 1 is 1.16 bits per heavy atom. The molecule has 2 rings (SSSR count). The molecular weight excluding hydrogens is 302 g/mol. The Hall–Kier alpha value is -1.32. The minimum absolute atomic E-state index is 0.110. The standard InChI is InChI=1S/C16H18BrNO/c1-2-16(18)13-6-8-15(9-7-13)19-11-12-4-3-5-14(17)10-12/h3-10,16H,2,11,18H2,1H3. The van der Waals surface area contributed by atoms with Crippen LogP contribution in [-0.2, 0) is 6.61 Å². The van der Waals surface area contributed by atoms with Crippen LogP contribution in [0.1, 0.15) is 30.5 Å². The van der Waals surface area contributed by atoms with Crippen LogP contribution in [0.3, 0.4) is 0 Å². The third kappa shape index (κ3) is 4.08. The summed E-state index contributed by atoms with van der Waals surface area (Å²) < 4.78 is 6.82. The Labute approximate surface area is 122 Å². The number of hydrogen-bond acceptors (Lipinski definition) is 2. The fraction of sp³-hybridized carbons (Fsp3) is 0.250. The van der Waals surface area contributed by atoms with Gasteiger partial charge in [0, 0.05) is 10.5 Å². The minimum Gasteiger partial charge on any atom is -0.489 e. The first-order valence-electron chi connectivity index (χ1n) is 6.42. The molecule has 2 N–H and O–H groups in total. The van der Waals surface area contributed by atoms with Crippen LogP contribution in [-0.4, -0.2) is 0 Å². The maximum Gasteiger partial charge on any atom is 0.119 e. The van der Waals surface area contributed by atoms with Gasteiger partial charge in [-0.15, -0.1) is 0 Å². The zero-order chi connectivity index (χ0) is 13.7. The predicted octanol–water partition coefficient (Wildman–Crippen LogP) is 4.44. The third-order valence-electron chi connectivity index (χ3n) is 3.04. The average Bonchev–Trinajstić information content (AvgIpc) is 2.45. The lowest BCUT2D eigenvalue weighted by Crippen LogP contribution is -2.08. The van der Waals surface area contributed by atoms with Crippen LogP contribution in [0.2, 0.25) is 0 Å². The number of halogens is 1. The fourth-order valence-corrected chi connectivity index (χ4v) is 2.29. The van der Waals surface area contributed by atoms with E-state index >= 15 is 0 Å². The summed E-state index contributed by atoms with van der Waals surface area (Å²) in [5.41, 5.74) is 8.27. The van der Waals surface area contributed by atoms with E-state index in [2.05, 4.69) is 28.9 Å². The lowest BCUT2D eigenvalue weighted by molar-refractivity contribution is 0.306. The van der Waals surface area contributed by atoms with Crippen molar-refractivity contribution in [2.75, 3.05) is 0 Å². The summed E-state index contributed by atoms with van der Waals surface area (Å²) in [6.07, 6.45) is 0.943. The summed E-state index contributed by atoms with van der Waals surface area (Å²) in [7, 11) is 0. The van der Waals surface area contributed by atoms with Gasteiger partial charge in [-0.2, -0.15) is 0 Å². The first-order valence-corrected chi connectivity index (χ1v) is 7.21. The summed E-state index contributed by atoms with van der Waals surface area (Å²) in [4.78, 5) is 0. The summed E-state index contributed by atoms with van der Waals surface area (Å²) in [6, 6.07) is 16.2. The van der Waals surface area contributed by atoms with Gasteiger partial charge >= 0.3 is 0 Å². The van der Waals surface area contributed by atoms with Gasteiger partial charge in [-0.3, -0.25) is 0 Å². The van der Waals surface area contributed by atoms with Crippen molar-refractivity contribution in [1.82, 2.24) is 0 Å². The van der Waals surface area contributed by atoms with Crippen molar-refractivity contribution in [3.8, 4) is 5.75 Å². The summed E-state index contributed by atoms with van der Waals surface area (Å²) in [5.74, 6) is 0.868. The van der Waals surface area contributed by atoms with Gasteiger partial charge in [0.25, 0.3) is 0 Å². The molecule has 0 aromatic heterocycles. The van der Waals surface area contributed by atoms with Crippen molar-refractivity contribution >= 4 is 15.9 Å². The van der Waals surface area contributed by atoms with Crippen LogP contribution >= 0.6 is 15.9 Å². The topological polar surface area (TPSA) is 35.2 Å². The van der Waals surface area contributed by atoms with Crippen molar-refractivity contribution in [2.45, 2.75) is 26.0 Å². The van der Waals surface area contributed by atoms with Gasteiger partial charge in [0.15, 0.2) is 0 Å². The Balaban J connectivity index is 1.96. The van der Waals surface area contributed by atoms with E-state index in [9.17, 15) is 0 Å². The van der Waals surface area contributed by atoms with Crippen LogP contribution in [0.25, 0.3) is 0 Å². The van der Waals surface area contributed by atoms with Crippen molar-refractivity contribution < 1.29 is 4.74 Å². The molecule has 2 nitrogen and oxygen atoms in total. The third-order valence-corrected chi connectivity index (χ3v) is 3.54. The predicted molar refractivity (Wildman–Crippen MR) is 82.1 cm³/mol. The number of ether oxygens (including phenoxy) is 1. The molecule has 0 bridgehead atoms. The fourth-order valence-electron chi connectivity index (χ4n) is 1.84. The molecule has 3 heteroatoms. The molecule has 0 radical (unpaired) electrons. The molecule has 0 aliphatic carbocycles.